The summed E-state index contributed by atoms with van der Waals surface area (Å²) >= 11 is 0. The van der Waals surface area contributed by atoms with Crippen LogP contribution in [-0.4, -0.2) is 69.7 Å². The highest BCUT2D eigenvalue weighted by molar-refractivity contribution is 6.00. The third-order valence-corrected chi connectivity index (χ3v) is 7.98. The Hall–Kier alpha value is -4.70. The number of rotatable bonds is 9. The number of aromatic nitrogens is 2. The van der Waals surface area contributed by atoms with E-state index in [1.165, 1.54) is 0 Å². The second-order valence-electron chi connectivity index (χ2n) is 12.1. The molecule has 3 heterocycles. The molecule has 2 aromatic heterocycles. The molecule has 3 amide bonds. The molecular formula is C34H39N5O5. The van der Waals surface area contributed by atoms with Crippen LogP contribution >= 0.6 is 0 Å². The van der Waals surface area contributed by atoms with Gasteiger partial charge in [0, 0.05) is 47.4 Å². The number of hydrogen-bond donors (Lipinski definition) is 4. The summed E-state index contributed by atoms with van der Waals surface area (Å²) in [5, 5.41) is 16.1. The molecule has 1 saturated heterocycles. The quantitative estimate of drug-likeness (QED) is 0.210. The van der Waals surface area contributed by atoms with Gasteiger partial charge in [0.2, 0.25) is 5.91 Å². The second kappa shape index (κ2) is 13.3. The number of benzene rings is 2. The van der Waals surface area contributed by atoms with Gasteiger partial charge in [0.1, 0.15) is 23.2 Å². The smallest absolute Gasteiger partial charge is 0.272 e. The zero-order chi connectivity index (χ0) is 31.3. The molecular weight excluding hydrogens is 558 g/mol. The minimum atomic E-state index is -0.791. The van der Waals surface area contributed by atoms with Crippen molar-refractivity contribution in [2.45, 2.75) is 52.1 Å². The highest BCUT2D eigenvalue weighted by Crippen LogP contribution is 2.30. The Morgan fingerprint density at radius 1 is 1.07 bits per heavy atom. The number of pyridine rings is 1. The van der Waals surface area contributed by atoms with E-state index in [2.05, 4.69) is 20.6 Å². The fraction of sp³-hybridized carbons (Fsp3) is 0.353. The monoisotopic (exact) mass is 597 g/mol. The predicted octanol–water partition coefficient (Wildman–Crippen LogP) is 4.51. The van der Waals surface area contributed by atoms with Crippen molar-refractivity contribution in [3.05, 3.63) is 84.3 Å². The predicted molar refractivity (Wildman–Crippen MR) is 168 cm³/mol. The van der Waals surface area contributed by atoms with Crippen molar-refractivity contribution in [3.8, 4) is 16.9 Å². The first-order chi connectivity index (χ1) is 21.2. The normalized spacial score (nSPS) is 15.9. The van der Waals surface area contributed by atoms with Crippen molar-refractivity contribution in [2.24, 2.45) is 5.41 Å². The van der Waals surface area contributed by atoms with Crippen LogP contribution in [-0.2, 0) is 4.79 Å². The summed E-state index contributed by atoms with van der Waals surface area (Å²) in [5.74, 6) is -0.333. The number of amides is 3. The Morgan fingerprint density at radius 3 is 2.57 bits per heavy atom. The molecule has 1 fully saturated rings. The molecule has 0 saturated carbocycles. The molecule has 0 spiro atoms. The molecule has 4 aromatic rings. The largest absolute Gasteiger partial charge is 0.467 e. The fourth-order valence-electron chi connectivity index (χ4n) is 5.61. The average Bonchev–Trinajstić information content (AvgIpc) is 3.47. The van der Waals surface area contributed by atoms with Gasteiger partial charge >= 0.3 is 0 Å². The van der Waals surface area contributed by atoms with Crippen LogP contribution in [0.1, 0.15) is 61.0 Å². The summed E-state index contributed by atoms with van der Waals surface area (Å²) in [5.41, 5.74) is 2.51. The van der Waals surface area contributed by atoms with E-state index in [0.717, 1.165) is 41.3 Å². The average molecular weight is 598 g/mol. The molecule has 10 nitrogen and oxygen atoms in total. The van der Waals surface area contributed by atoms with Crippen LogP contribution < -0.4 is 15.4 Å². The molecule has 0 aliphatic carbocycles. The van der Waals surface area contributed by atoms with Gasteiger partial charge in [-0.2, -0.15) is 0 Å². The molecule has 0 radical (unpaired) electrons. The van der Waals surface area contributed by atoms with E-state index in [0.29, 0.717) is 23.7 Å². The van der Waals surface area contributed by atoms with Crippen molar-refractivity contribution in [1.82, 2.24) is 25.5 Å². The first-order valence-corrected chi connectivity index (χ1v) is 14.9. The minimum Gasteiger partial charge on any atom is -0.467 e. The summed E-state index contributed by atoms with van der Waals surface area (Å²) in [6.45, 7) is 6.11. The number of piperidine rings is 1. The van der Waals surface area contributed by atoms with Gasteiger partial charge in [-0.25, -0.2) is 0 Å². The molecule has 5 rings (SSSR count). The highest BCUT2D eigenvalue weighted by atomic mass is 16.6. The minimum absolute atomic E-state index is 0.199. The lowest BCUT2D eigenvalue weighted by Crippen LogP contribution is -2.56. The molecule has 0 bridgehead atoms. The molecule has 10 heteroatoms. The van der Waals surface area contributed by atoms with Gasteiger partial charge in [0.15, 0.2) is 6.79 Å². The first kappa shape index (κ1) is 30.7. The number of hydrogen-bond acceptors (Lipinski definition) is 6. The number of carbonyl (C=O) groups excluding carboxylic acids is 3. The maximum Gasteiger partial charge on any atom is 0.272 e. The summed E-state index contributed by atoms with van der Waals surface area (Å²) in [7, 11) is 0. The van der Waals surface area contributed by atoms with Crippen LogP contribution in [0.15, 0.2) is 72.9 Å². The van der Waals surface area contributed by atoms with Crippen LogP contribution in [0.25, 0.3) is 22.0 Å². The molecule has 2 atom stereocenters. The number of likely N-dealkylation sites (tertiary alicyclic amines) is 1. The standard InChI is InChI=1S/C34H39N5O5/c1-34(2,3)30(38-31(41)28-18-22-10-4-6-13-26(22)37-28)32(42)36-20-24-11-8-9-17-39(24)33(43)27-16-15-23(19-35-27)25-12-5-7-14-29(25)44-21-40/h4-7,10,12-16,18-19,24,30,37,40H,8-9,11,17,20-21H2,1-3H3,(H,36,42)(H,38,41)/t24-,30+/m0/s1. The lowest BCUT2D eigenvalue weighted by atomic mass is 9.86. The van der Waals surface area contributed by atoms with Crippen LogP contribution in [0, 0.1) is 5.41 Å². The SMILES string of the molecule is CC(C)(C)[C@H](NC(=O)c1cc2ccccc2[nH]1)C(=O)NC[C@@H]1CCCCN1C(=O)c1ccc(-c2ccccc2OCO)cn1. The van der Waals surface area contributed by atoms with Gasteiger partial charge in [-0.05, 0) is 48.9 Å². The number of carbonyl (C=O) groups is 3. The Balaban J connectivity index is 1.25. The van der Waals surface area contributed by atoms with Gasteiger partial charge in [0.05, 0.1) is 0 Å². The molecule has 1 aliphatic heterocycles. The molecule has 1 aliphatic rings. The van der Waals surface area contributed by atoms with Gasteiger partial charge in [-0.3, -0.25) is 19.4 Å². The first-order valence-electron chi connectivity index (χ1n) is 14.9. The van der Waals surface area contributed by atoms with E-state index >= 15 is 0 Å². The zero-order valence-electron chi connectivity index (χ0n) is 25.3. The summed E-state index contributed by atoms with van der Waals surface area (Å²) in [6, 6.07) is 19.2. The third kappa shape index (κ3) is 6.92. The van der Waals surface area contributed by atoms with Gasteiger partial charge in [-0.1, -0.05) is 63.2 Å². The zero-order valence-corrected chi connectivity index (χ0v) is 25.3. The van der Waals surface area contributed by atoms with Crippen LogP contribution in [0.3, 0.4) is 0 Å². The number of nitrogens with one attached hydrogen (secondary N) is 3. The topological polar surface area (TPSA) is 137 Å². The van der Waals surface area contributed by atoms with Gasteiger partial charge in [0.25, 0.3) is 11.8 Å². The van der Waals surface area contributed by atoms with Crippen LogP contribution in [0.5, 0.6) is 5.75 Å². The van der Waals surface area contributed by atoms with Crippen molar-refractivity contribution >= 4 is 28.6 Å². The number of nitrogens with zero attached hydrogens (tertiary/aromatic N) is 2. The van der Waals surface area contributed by atoms with Gasteiger partial charge < -0.3 is 30.4 Å². The summed E-state index contributed by atoms with van der Waals surface area (Å²) in [6.07, 6.45) is 4.18. The van der Waals surface area contributed by atoms with E-state index in [9.17, 15) is 19.5 Å². The van der Waals surface area contributed by atoms with E-state index < -0.39 is 18.2 Å². The van der Waals surface area contributed by atoms with E-state index in [4.69, 9.17) is 4.74 Å². The fourth-order valence-corrected chi connectivity index (χ4v) is 5.61. The number of aliphatic hydroxyl groups excluding tert-OH is 1. The van der Waals surface area contributed by atoms with E-state index in [1.807, 2.05) is 69.3 Å². The Labute approximate surface area is 256 Å². The lowest BCUT2D eigenvalue weighted by Gasteiger charge is -2.37. The number of H-pyrrole nitrogens is 1. The number of ether oxygens (including phenoxy) is 1. The van der Waals surface area contributed by atoms with Crippen molar-refractivity contribution in [3.63, 3.8) is 0 Å². The van der Waals surface area contributed by atoms with E-state index in [1.54, 1.807) is 29.3 Å². The maximum atomic E-state index is 13.6. The Bertz CT molecular complexity index is 1590. The van der Waals surface area contributed by atoms with Crippen LogP contribution in [0.4, 0.5) is 0 Å². The third-order valence-electron chi connectivity index (χ3n) is 7.98. The van der Waals surface area contributed by atoms with E-state index in [-0.39, 0.29) is 30.3 Å². The molecule has 2 aromatic carbocycles. The maximum absolute atomic E-state index is 13.6. The highest BCUT2D eigenvalue weighted by Gasteiger charge is 2.35. The number of aromatic amines is 1. The number of aliphatic hydroxyl groups is 1. The summed E-state index contributed by atoms with van der Waals surface area (Å²) < 4.78 is 5.31. The van der Waals surface area contributed by atoms with Crippen molar-refractivity contribution in [2.75, 3.05) is 19.9 Å². The van der Waals surface area contributed by atoms with Crippen molar-refractivity contribution in [1.29, 1.82) is 0 Å². The van der Waals surface area contributed by atoms with Gasteiger partial charge in [-0.15, -0.1) is 0 Å². The number of para-hydroxylation sites is 2. The molecule has 4 N–H and O–H groups in total. The molecule has 230 valence electrons. The Morgan fingerprint density at radius 2 is 1.84 bits per heavy atom. The summed E-state index contributed by atoms with van der Waals surface area (Å²) in [4.78, 5) is 49.6. The number of fused-ring (bicyclic) bond motifs is 1. The second-order valence-corrected chi connectivity index (χ2v) is 12.1. The Kier molecular flexibility index (Phi) is 9.29. The molecule has 0 unspecified atom stereocenters. The van der Waals surface area contributed by atoms with Crippen LogP contribution in [0.2, 0.25) is 0 Å². The van der Waals surface area contributed by atoms with Crippen molar-refractivity contribution < 1.29 is 24.2 Å². The lowest BCUT2D eigenvalue weighted by molar-refractivity contribution is -0.125. The molecule has 44 heavy (non-hydrogen) atoms.